The molecule has 4 rings (SSSR count). The molecule has 0 radical (unpaired) electrons. The number of fused-ring (bicyclic) bond motifs is 1. The molecule has 2 aromatic rings. The van der Waals surface area contributed by atoms with Crippen LogP contribution < -0.4 is 9.47 Å². The molecule has 1 fully saturated rings. The average Bonchev–Trinajstić information content (AvgIpc) is 3.18. The summed E-state index contributed by atoms with van der Waals surface area (Å²) < 4.78 is 11.2. The van der Waals surface area contributed by atoms with Crippen LogP contribution in [0.5, 0.6) is 11.5 Å². The largest absolute Gasteiger partial charge is 0.493 e. The van der Waals surface area contributed by atoms with Crippen molar-refractivity contribution < 1.29 is 9.47 Å². The molecule has 0 bridgehead atoms. The Labute approximate surface area is 158 Å². The van der Waals surface area contributed by atoms with Crippen LogP contribution in [-0.4, -0.2) is 40.6 Å². The highest BCUT2D eigenvalue weighted by Crippen LogP contribution is 2.48. The molecule has 5 nitrogen and oxygen atoms in total. The van der Waals surface area contributed by atoms with E-state index in [0.29, 0.717) is 11.9 Å². The minimum absolute atomic E-state index is 0.00549. The fourth-order valence-corrected chi connectivity index (χ4v) is 4.72. The molecule has 0 aliphatic carbocycles. The van der Waals surface area contributed by atoms with Gasteiger partial charge >= 0.3 is 0 Å². The first kappa shape index (κ1) is 17.2. The molecular formula is C20H23N3O2S. The molecule has 0 spiro atoms. The minimum Gasteiger partial charge on any atom is -0.493 e. The van der Waals surface area contributed by atoms with Crippen molar-refractivity contribution in [1.29, 1.82) is 0 Å². The number of aromatic nitrogens is 1. The number of ether oxygens (including phenoxy) is 2. The molecule has 136 valence electrons. The van der Waals surface area contributed by atoms with Gasteiger partial charge in [-0.2, -0.15) is 0 Å². The van der Waals surface area contributed by atoms with Crippen molar-refractivity contribution >= 4 is 16.9 Å². The second-order valence-electron chi connectivity index (χ2n) is 6.48. The van der Waals surface area contributed by atoms with Gasteiger partial charge < -0.3 is 14.4 Å². The molecule has 26 heavy (non-hydrogen) atoms. The van der Waals surface area contributed by atoms with Gasteiger partial charge in [0.05, 0.1) is 25.5 Å². The maximum Gasteiger partial charge on any atom is 0.161 e. The molecule has 2 aliphatic heterocycles. The third-order valence-electron chi connectivity index (χ3n) is 4.71. The highest BCUT2D eigenvalue weighted by molar-refractivity contribution is 8.14. The maximum atomic E-state index is 5.80. The van der Waals surface area contributed by atoms with E-state index in [2.05, 4.69) is 35.0 Å². The number of methoxy groups -OCH3 is 1. The SMILES string of the molecule is CCOc1cc(C2C(c3ccccn3)N=C3SC(C)CN32)ccc1OC. The summed E-state index contributed by atoms with van der Waals surface area (Å²) in [6.07, 6.45) is 1.84. The highest BCUT2D eigenvalue weighted by atomic mass is 32.2. The summed E-state index contributed by atoms with van der Waals surface area (Å²) in [5, 5.41) is 1.66. The van der Waals surface area contributed by atoms with E-state index in [-0.39, 0.29) is 12.1 Å². The first-order chi connectivity index (χ1) is 12.7. The van der Waals surface area contributed by atoms with E-state index >= 15 is 0 Å². The van der Waals surface area contributed by atoms with E-state index in [1.54, 1.807) is 7.11 Å². The molecule has 3 unspecified atom stereocenters. The lowest BCUT2D eigenvalue weighted by molar-refractivity contribution is 0.302. The zero-order valence-corrected chi connectivity index (χ0v) is 16.1. The van der Waals surface area contributed by atoms with Crippen molar-refractivity contribution in [3.8, 4) is 11.5 Å². The molecule has 3 heterocycles. The number of pyridine rings is 1. The van der Waals surface area contributed by atoms with E-state index < -0.39 is 0 Å². The fourth-order valence-electron chi connectivity index (χ4n) is 3.62. The number of nitrogens with zero attached hydrogens (tertiary/aromatic N) is 3. The summed E-state index contributed by atoms with van der Waals surface area (Å²) >= 11 is 1.85. The van der Waals surface area contributed by atoms with Crippen molar-refractivity contribution in [2.75, 3.05) is 20.3 Å². The van der Waals surface area contributed by atoms with Crippen LogP contribution in [0.4, 0.5) is 0 Å². The molecule has 0 amide bonds. The second-order valence-corrected chi connectivity index (χ2v) is 7.89. The first-order valence-corrected chi connectivity index (χ1v) is 9.82. The van der Waals surface area contributed by atoms with Crippen molar-refractivity contribution in [3.63, 3.8) is 0 Å². The Hall–Kier alpha value is -2.21. The Kier molecular flexibility index (Phi) is 4.76. The van der Waals surface area contributed by atoms with Crippen LogP contribution in [0.2, 0.25) is 0 Å². The number of benzene rings is 1. The van der Waals surface area contributed by atoms with Gasteiger partial charge in [-0.05, 0) is 36.8 Å². The third-order valence-corrected chi connectivity index (χ3v) is 5.81. The van der Waals surface area contributed by atoms with Gasteiger partial charge in [0.1, 0.15) is 6.04 Å². The molecule has 0 N–H and O–H groups in total. The van der Waals surface area contributed by atoms with Crippen LogP contribution in [0.15, 0.2) is 47.6 Å². The van der Waals surface area contributed by atoms with Crippen LogP contribution in [-0.2, 0) is 0 Å². The van der Waals surface area contributed by atoms with Crippen LogP contribution in [0.1, 0.15) is 37.2 Å². The summed E-state index contributed by atoms with van der Waals surface area (Å²) in [5.41, 5.74) is 2.18. The lowest BCUT2D eigenvalue weighted by atomic mass is 9.96. The molecule has 1 aromatic heterocycles. The molecule has 2 aliphatic rings. The summed E-state index contributed by atoms with van der Waals surface area (Å²) in [5.74, 6) is 1.54. The predicted molar refractivity (Wildman–Crippen MR) is 105 cm³/mol. The van der Waals surface area contributed by atoms with Gasteiger partial charge in [0.2, 0.25) is 0 Å². The van der Waals surface area contributed by atoms with Crippen molar-refractivity contribution in [2.24, 2.45) is 4.99 Å². The Balaban J connectivity index is 1.76. The molecular weight excluding hydrogens is 346 g/mol. The number of thioether (sulfide) groups is 1. The zero-order valence-electron chi connectivity index (χ0n) is 15.3. The van der Waals surface area contributed by atoms with E-state index in [4.69, 9.17) is 14.5 Å². The lowest BCUT2D eigenvalue weighted by Crippen LogP contribution is -2.28. The van der Waals surface area contributed by atoms with Gasteiger partial charge in [-0.15, -0.1) is 0 Å². The number of amidine groups is 1. The van der Waals surface area contributed by atoms with E-state index in [9.17, 15) is 0 Å². The number of hydrogen-bond donors (Lipinski definition) is 0. The predicted octanol–water partition coefficient (Wildman–Crippen LogP) is 4.08. The standard InChI is InChI=1S/C20H23N3O2S/c1-4-25-17-11-14(8-9-16(17)24-3)19-18(15-7-5-6-10-21-15)22-20-23(19)12-13(2)26-20/h5-11,13,18-19H,4,12H2,1-3H3. The number of rotatable bonds is 5. The fraction of sp³-hybridized carbons (Fsp3) is 0.400. The molecule has 1 saturated heterocycles. The van der Waals surface area contributed by atoms with Crippen molar-refractivity contribution in [2.45, 2.75) is 31.2 Å². The Morgan fingerprint density at radius 1 is 1.23 bits per heavy atom. The Bertz CT molecular complexity index is 812. The Morgan fingerprint density at radius 3 is 2.85 bits per heavy atom. The summed E-state index contributed by atoms with van der Waals surface area (Å²) in [4.78, 5) is 12.0. The van der Waals surface area contributed by atoms with Gasteiger partial charge in [0, 0.05) is 18.0 Å². The minimum atomic E-state index is -0.00549. The monoisotopic (exact) mass is 369 g/mol. The van der Waals surface area contributed by atoms with Crippen LogP contribution >= 0.6 is 11.8 Å². The molecule has 6 heteroatoms. The summed E-state index contributed by atoms with van der Waals surface area (Å²) in [6.45, 7) is 5.83. The lowest BCUT2D eigenvalue weighted by Gasteiger charge is -2.28. The van der Waals surface area contributed by atoms with Gasteiger partial charge in [-0.25, -0.2) is 0 Å². The smallest absolute Gasteiger partial charge is 0.161 e. The van der Waals surface area contributed by atoms with Crippen molar-refractivity contribution in [1.82, 2.24) is 9.88 Å². The quantitative estimate of drug-likeness (QED) is 0.795. The normalized spacial score (nSPS) is 24.3. The number of hydrogen-bond acceptors (Lipinski definition) is 6. The van der Waals surface area contributed by atoms with Crippen molar-refractivity contribution in [3.05, 3.63) is 53.9 Å². The van der Waals surface area contributed by atoms with E-state index in [1.165, 1.54) is 5.56 Å². The molecule has 3 atom stereocenters. The highest BCUT2D eigenvalue weighted by Gasteiger charge is 2.43. The molecule has 0 saturated carbocycles. The zero-order chi connectivity index (χ0) is 18.1. The second kappa shape index (κ2) is 7.19. The van der Waals surface area contributed by atoms with Crippen LogP contribution in [0.25, 0.3) is 0 Å². The van der Waals surface area contributed by atoms with Gasteiger partial charge in [-0.1, -0.05) is 30.8 Å². The van der Waals surface area contributed by atoms with E-state index in [1.807, 2.05) is 43.1 Å². The van der Waals surface area contributed by atoms with Crippen LogP contribution in [0.3, 0.4) is 0 Å². The summed E-state index contributed by atoms with van der Waals surface area (Å²) in [6, 6.07) is 12.4. The third kappa shape index (κ3) is 3.03. The maximum absolute atomic E-state index is 5.80. The Morgan fingerprint density at radius 2 is 2.12 bits per heavy atom. The summed E-state index contributed by atoms with van der Waals surface area (Å²) in [7, 11) is 1.67. The first-order valence-electron chi connectivity index (χ1n) is 8.94. The molecule has 1 aromatic carbocycles. The van der Waals surface area contributed by atoms with Gasteiger partial charge in [0.25, 0.3) is 0 Å². The number of aliphatic imine (C=N–C) groups is 1. The van der Waals surface area contributed by atoms with Gasteiger partial charge in [0.15, 0.2) is 16.7 Å². The van der Waals surface area contributed by atoms with E-state index in [0.717, 1.165) is 28.9 Å². The van der Waals surface area contributed by atoms with Crippen LogP contribution in [0, 0.1) is 0 Å². The average molecular weight is 369 g/mol. The van der Waals surface area contributed by atoms with Gasteiger partial charge in [-0.3, -0.25) is 9.98 Å². The topological polar surface area (TPSA) is 47.0 Å².